The molecule has 1 aliphatic heterocycles. The van der Waals surface area contributed by atoms with Gasteiger partial charge in [-0.1, -0.05) is 6.07 Å². The summed E-state index contributed by atoms with van der Waals surface area (Å²) in [7, 11) is 0. The average molecular weight is 338 g/mol. The van der Waals surface area contributed by atoms with E-state index in [4.69, 9.17) is 0 Å². The first-order valence-electron chi connectivity index (χ1n) is 9.35. The van der Waals surface area contributed by atoms with E-state index >= 15 is 0 Å². The van der Waals surface area contributed by atoms with Gasteiger partial charge in [0.05, 0.1) is 18.3 Å². The van der Waals surface area contributed by atoms with E-state index in [1.165, 1.54) is 17.7 Å². The third-order valence-electron chi connectivity index (χ3n) is 5.62. The van der Waals surface area contributed by atoms with Crippen molar-refractivity contribution in [3.63, 3.8) is 0 Å². The summed E-state index contributed by atoms with van der Waals surface area (Å²) in [5.41, 5.74) is 3.42. The van der Waals surface area contributed by atoms with Crippen molar-refractivity contribution >= 4 is 5.91 Å². The Morgan fingerprint density at radius 3 is 2.92 bits per heavy atom. The van der Waals surface area contributed by atoms with Crippen molar-refractivity contribution in [3.05, 3.63) is 47.5 Å². The summed E-state index contributed by atoms with van der Waals surface area (Å²) >= 11 is 0. The largest absolute Gasteiger partial charge is 0.338 e. The van der Waals surface area contributed by atoms with Crippen molar-refractivity contribution in [2.24, 2.45) is 5.92 Å². The summed E-state index contributed by atoms with van der Waals surface area (Å²) in [4.78, 5) is 19.4. The van der Waals surface area contributed by atoms with Crippen molar-refractivity contribution in [1.29, 1.82) is 0 Å². The fourth-order valence-corrected chi connectivity index (χ4v) is 4.18. The lowest BCUT2D eigenvalue weighted by Crippen LogP contribution is -2.47. The molecule has 3 heterocycles. The topological polar surface area (TPSA) is 51.0 Å². The number of hydrogen-bond donors (Lipinski definition) is 0. The Morgan fingerprint density at radius 1 is 1.32 bits per heavy atom. The standard InChI is InChI=1S/C20H26N4O/c1-14-10-15(2)24(22-14)13-17-7-3-4-9-23(17)20(25)19-11-18(19)16-6-5-8-21-12-16/h5-6,8,10,12,17-19H,3-4,7,9,11,13H2,1-2H3/t17-,18+,19-/m0/s1. The molecule has 132 valence electrons. The highest BCUT2D eigenvalue weighted by atomic mass is 16.2. The Bertz CT molecular complexity index is 754. The normalized spacial score (nSPS) is 25.8. The highest BCUT2D eigenvalue weighted by molar-refractivity contribution is 5.83. The number of rotatable bonds is 4. The number of nitrogens with zero attached hydrogens (tertiary/aromatic N) is 4. The molecule has 5 heteroatoms. The highest BCUT2D eigenvalue weighted by Crippen LogP contribution is 2.48. The molecule has 2 fully saturated rings. The van der Waals surface area contributed by atoms with Crippen LogP contribution in [0, 0.1) is 19.8 Å². The van der Waals surface area contributed by atoms with Gasteiger partial charge in [0.25, 0.3) is 0 Å². The molecule has 0 unspecified atom stereocenters. The quantitative estimate of drug-likeness (QED) is 0.861. The van der Waals surface area contributed by atoms with Crippen LogP contribution in [0.2, 0.25) is 0 Å². The maximum absolute atomic E-state index is 13.1. The molecule has 0 radical (unpaired) electrons. The van der Waals surface area contributed by atoms with Gasteiger partial charge in [-0.05, 0) is 63.1 Å². The molecule has 0 spiro atoms. The molecule has 1 amide bonds. The molecule has 0 N–H and O–H groups in total. The van der Waals surface area contributed by atoms with Gasteiger partial charge in [-0.2, -0.15) is 5.10 Å². The Hall–Kier alpha value is -2.17. The van der Waals surface area contributed by atoms with Crippen molar-refractivity contribution < 1.29 is 4.79 Å². The number of aromatic nitrogens is 3. The molecule has 25 heavy (non-hydrogen) atoms. The number of hydrogen-bond acceptors (Lipinski definition) is 3. The molecule has 3 atom stereocenters. The first-order chi connectivity index (χ1) is 12.1. The van der Waals surface area contributed by atoms with E-state index in [2.05, 4.69) is 38.7 Å². The van der Waals surface area contributed by atoms with Gasteiger partial charge in [0.2, 0.25) is 5.91 Å². The molecule has 4 rings (SSSR count). The molecule has 5 nitrogen and oxygen atoms in total. The third kappa shape index (κ3) is 3.32. The lowest BCUT2D eigenvalue weighted by molar-refractivity contribution is -0.136. The Balaban J connectivity index is 1.46. The van der Waals surface area contributed by atoms with Gasteiger partial charge in [-0.25, -0.2) is 0 Å². The van der Waals surface area contributed by atoms with Gasteiger partial charge < -0.3 is 4.90 Å². The lowest BCUT2D eigenvalue weighted by atomic mass is 10.0. The number of carbonyl (C=O) groups is 1. The SMILES string of the molecule is Cc1cc(C)n(C[C@@H]2CCCCN2C(=O)[C@H]2C[C@@H]2c2cccnc2)n1. The van der Waals surface area contributed by atoms with Crippen LogP contribution in [0.5, 0.6) is 0 Å². The number of aryl methyl sites for hydroxylation is 2. The van der Waals surface area contributed by atoms with Crippen molar-refractivity contribution in [1.82, 2.24) is 19.7 Å². The average Bonchev–Trinajstić information content (AvgIpc) is 3.36. The number of carbonyl (C=O) groups excluding carboxylic acids is 1. The zero-order valence-corrected chi connectivity index (χ0v) is 15.1. The van der Waals surface area contributed by atoms with E-state index in [0.29, 0.717) is 11.8 Å². The van der Waals surface area contributed by atoms with E-state index in [1.54, 1.807) is 6.20 Å². The summed E-state index contributed by atoms with van der Waals surface area (Å²) in [5.74, 6) is 0.836. The molecule has 0 bridgehead atoms. The summed E-state index contributed by atoms with van der Waals surface area (Å²) in [5, 5.41) is 4.59. The molecule has 1 aliphatic carbocycles. The second kappa shape index (κ2) is 6.62. The minimum Gasteiger partial charge on any atom is -0.338 e. The van der Waals surface area contributed by atoms with Crippen LogP contribution in [-0.4, -0.2) is 38.2 Å². The predicted molar refractivity (Wildman–Crippen MR) is 96.1 cm³/mol. The maximum atomic E-state index is 13.1. The molecule has 1 saturated carbocycles. The summed E-state index contributed by atoms with van der Waals surface area (Å²) < 4.78 is 2.07. The van der Waals surface area contributed by atoms with Gasteiger partial charge >= 0.3 is 0 Å². The van der Waals surface area contributed by atoms with Crippen LogP contribution in [0.25, 0.3) is 0 Å². The molecule has 0 aromatic carbocycles. The first-order valence-corrected chi connectivity index (χ1v) is 9.35. The van der Waals surface area contributed by atoms with Crippen LogP contribution in [-0.2, 0) is 11.3 Å². The van der Waals surface area contributed by atoms with E-state index in [0.717, 1.165) is 38.0 Å². The third-order valence-corrected chi connectivity index (χ3v) is 5.62. The van der Waals surface area contributed by atoms with Gasteiger partial charge in [0.15, 0.2) is 0 Å². The predicted octanol–water partition coefficient (Wildman–Crippen LogP) is 3.08. The molecule has 2 aliphatic rings. The van der Waals surface area contributed by atoms with E-state index in [9.17, 15) is 4.79 Å². The van der Waals surface area contributed by atoms with Crippen LogP contribution < -0.4 is 0 Å². The van der Waals surface area contributed by atoms with E-state index in [-0.39, 0.29) is 12.0 Å². The smallest absolute Gasteiger partial charge is 0.226 e. The second-order valence-electron chi connectivity index (χ2n) is 7.53. The zero-order chi connectivity index (χ0) is 17.4. The van der Waals surface area contributed by atoms with Crippen LogP contribution >= 0.6 is 0 Å². The Kier molecular flexibility index (Phi) is 4.32. The van der Waals surface area contributed by atoms with Gasteiger partial charge in [-0.3, -0.25) is 14.5 Å². The Labute approximate surface area is 149 Å². The summed E-state index contributed by atoms with van der Waals surface area (Å²) in [6, 6.07) is 6.43. The van der Waals surface area contributed by atoms with Crippen molar-refractivity contribution in [2.45, 2.75) is 58.0 Å². The van der Waals surface area contributed by atoms with Crippen LogP contribution in [0.3, 0.4) is 0 Å². The minimum absolute atomic E-state index is 0.144. The number of likely N-dealkylation sites (tertiary alicyclic amines) is 1. The van der Waals surface area contributed by atoms with E-state index < -0.39 is 0 Å². The van der Waals surface area contributed by atoms with E-state index in [1.807, 2.05) is 19.2 Å². The monoisotopic (exact) mass is 338 g/mol. The maximum Gasteiger partial charge on any atom is 0.226 e. The van der Waals surface area contributed by atoms with Crippen molar-refractivity contribution in [3.8, 4) is 0 Å². The van der Waals surface area contributed by atoms with Crippen LogP contribution in [0.1, 0.15) is 48.6 Å². The number of pyridine rings is 1. The summed E-state index contributed by atoms with van der Waals surface area (Å²) in [6.07, 6.45) is 8.05. The molecular formula is C20H26N4O. The lowest BCUT2D eigenvalue weighted by Gasteiger charge is -2.36. The highest BCUT2D eigenvalue weighted by Gasteiger charge is 2.47. The molecule has 2 aromatic rings. The van der Waals surface area contributed by atoms with Gasteiger partial charge in [0.1, 0.15) is 0 Å². The summed E-state index contributed by atoms with van der Waals surface area (Å²) in [6.45, 7) is 5.82. The number of piperidine rings is 1. The van der Waals surface area contributed by atoms with Crippen LogP contribution in [0.15, 0.2) is 30.6 Å². The van der Waals surface area contributed by atoms with Gasteiger partial charge in [-0.15, -0.1) is 0 Å². The van der Waals surface area contributed by atoms with Crippen LogP contribution in [0.4, 0.5) is 0 Å². The van der Waals surface area contributed by atoms with Gasteiger partial charge in [0, 0.05) is 30.6 Å². The molecular weight excluding hydrogens is 312 g/mol. The second-order valence-corrected chi connectivity index (χ2v) is 7.53. The fourth-order valence-electron chi connectivity index (χ4n) is 4.18. The zero-order valence-electron chi connectivity index (χ0n) is 15.1. The molecule has 2 aromatic heterocycles. The Morgan fingerprint density at radius 2 is 2.20 bits per heavy atom. The fraction of sp³-hybridized carbons (Fsp3) is 0.550. The minimum atomic E-state index is 0.144. The number of amides is 1. The first kappa shape index (κ1) is 16.3. The molecule has 1 saturated heterocycles. The van der Waals surface area contributed by atoms with Crippen molar-refractivity contribution in [2.75, 3.05) is 6.54 Å².